The lowest BCUT2D eigenvalue weighted by Crippen LogP contribution is -2.50. The minimum atomic E-state index is -0.0304. The number of para-hydroxylation sites is 1. The fraction of sp³-hybridized carbons (Fsp3) is 0.435. The molecule has 2 aromatic heterocycles. The van der Waals surface area contributed by atoms with Gasteiger partial charge in [-0.3, -0.25) is 4.98 Å². The van der Waals surface area contributed by atoms with Crippen LogP contribution in [0.25, 0.3) is 0 Å². The third-order valence-electron chi connectivity index (χ3n) is 6.49. The van der Waals surface area contributed by atoms with Gasteiger partial charge in [0.05, 0.1) is 12.1 Å². The number of piperidine rings is 1. The predicted octanol–water partition coefficient (Wildman–Crippen LogP) is 3.47. The summed E-state index contributed by atoms with van der Waals surface area (Å²) in [5, 5.41) is 8.97. The molecule has 6 heteroatoms. The van der Waals surface area contributed by atoms with Crippen molar-refractivity contribution < 1.29 is 4.74 Å². The Morgan fingerprint density at radius 3 is 2.69 bits per heavy atom. The second-order valence-electron chi connectivity index (χ2n) is 8.30. The quantitative estimate of drug-likeness (QED) is 0.687. The van der Waals surface area contributed by atoms with E-state index in [2.05, 4.69) is 69.0 Å². The van der Waals surface area contributed by atoms with Gasteiger partial charge in [-0.05, 0) is 43.0 Å². The zero-order chi connectivity index (χ0) is 19.8. The van der Waals surface area contributed by atoms with Crippen LogP contribution >= 0.6 is 0 Å². The van der Waals surface area contributed by atoms with Crippen molar-refractivity contribution >= 4 is 5.95 Å². The molecule has 1 fully saturated rings. The highest BCUT2D eigenvalue weighted by molar-refractivity contribution is 5.38. The van der Waals surface area contributed by atoms with E-state index in [0.29, 0.717) is 6.42 Å². The van der Waals surface area contributed by atoms with Gasteiger partial charge in [-0.15, -0.1) is 10.2 Å². The largest absolute Gasteiger partial charge is 0.487 e. The van der Waals surface area contributed by atoms with Crippen molar-refractivity contribution in [3.63, 3.8) is 0 Å². The molecule has 0 amide bonds. The number of anilines is 1. The first kappa shape index (κ1) is 18.2. The smallest absolute Gasteiger partial charge is 0.226 e. The average molecular weight is 390 g/mol. The molecule has 1 aromatic carbocycles. The van der Waals surface area contributed by atoms with Crippen molar-refractivity contribution in [3.05, 3.63) is 65.2 Å². The van der Waals surface area contributed by atoms with Crippen molar-refractivity contribution in [1.29, 1.82) is 0 Å². The van der Waals surface area contributed by atoms with Crippen molar-refractivity contribution in [3.8, 4) is 5.75 Å². The van der Waals surface area contributed by atoms with E-state index < -0.39 is 0 Å². The molecule has 150 valence electrons. The molecule has 2 aliphatic heterocycles. The van der Waals surface area contributed by atoms with Crippen molar-refractivity contribution in [2.24, 2.45) is 7.05 Å². The molecular weight excluding hydrogens is 362 g/mol. The van der Waals surface area contributed by atoms with Crippen LogP contribution in [-0.2, 0) is 19.9 Å². The Hall–Kier alpha value is -2.89. The van der Waals surface area contributed by atoms with E-state index in [-0.39, 0.29) is 5.60 Å². The lowest BCUT2D eigenvalue weighted by Gasteiger charge is -2.44. The molecule has 0 aliphatic carbocycles. The van der Waals surface area contributed by atoms with Crippen LogP contribution in [0.2, 0.25) is 0 Å². The normalized spacial score (nSPS) is 17.8. The predicted molar refractivity (Wildman–Crippen MR) is 112 cm³/mol. The first-order valence-electron chi connectivity index (χ1n) is 10.4. The van der Waals surface area contributed by atoms with Gasteiger partial charge in [0.25, 0.3) is 0 Å². The molecule has 1 spiro atoms. The second kappa shape index (κ2) is 7.17. The number of fused-ring (bicyclic) bond motifs is 1. The number of aromatic nitrogens is 4. The average Bonchev–Trinajstić information content (AvgIpc) is 3.10. The van der Waals surface area contributed by atoms with Crippen molar-refractivity contribution in [1.82, 2.24) is 19.7 Å². The van der Waals surface area contributed by atoms with Gasteiger partial charge < -0.3 is 14.2 Å². The third-order valence-corrected chi connectivity index (χ3v) is 6.49. The summed E-state index contributed by atoms with van der Waals surface area (Å²) in [5.41, 5.74) is 3.55. The number of benzene rings is 1. The molecule has 0 N–H and O–H groups in total. The van der Waals surface area contributed by atoms with Crippen LogP contribution in [-0.4, -0.2) is 38.4 Å². The standard InChI is InChI=1S/C23H27N5O/c1-17-6-5-13-24-19(17)16-21-25-26-22(27(21)2)28-14-11-23(12-15-28)10-9-18-7-3-4-8-20(18)29-23/h3-8,13H,9-12,14-16H2,1-2H3. The van der Waals surface area contributed by atoms with Gasteiger partial charge in [0.2, 0.25) is 5.95 Å². The number of aryl methyl sites for hydroxylation is 2. The van der Waals surface area contributed by atoms with Crippen LogP contribution in [0.4, 0.5) is 5.95 Å². The Morgan fingerprint density at radius 2 is 1.86 bits per heavy atom. The first-order valence-corrected chi connectivity index (χ1v) is 10.4. The molecule has 2 aliphatic rings. The fourth-order valence-corrected chi connectivity index (χ4v) is 4.56. The monoisotopic (exact) mass is 389 g/mol. The van der Waals surface area contributed by atoms with Crippen LogP contribution < -0.4 is 9.64 Å². The molecule has 0 unspecified atom stereocenters. The molecule has 4 heterocycles. The maximum Gasteiger partial charge on any atom is 0.226 e. The van der Waals surface area contributed by atoms with E-state index in [1.165, 1.54) is 11.1 Å². The third kappa shape index (κ3) is 3.37. The van der Waals surface area contributed by atoms with Gasteiger partial charge >= 0.3 is 0 Å². The van der Waals surface area contributed by atoms with Crippen LogP contribution in [0.3, 0.4) is 0 Å². The van der Waals surface area contributed by atoms with Gasteiger partial charge in [0, 0.05) is 39.2 Å². The minimum absolute atomic E-state index is 0.0304. The number of ether oxygens (including phenoxy) is 1. The molecule has 3 aromatic rings. The Morgan fingerprint density at radius 1 is 1.03 bits per heavy atom. The minimum Gasteiger partial charge on any atom is -0.487 e. The van der Waals surface area contributed by atoms with Gasteiger partial charge in [0.1, 0.15) is 17.2 Å². The number of pyridine rings is 1. The molecule has 5 rings (SSSR count). The molecule has 1 saturated heterocycles. The molecule has 6 nitrogen and oxygen atoms in total. The van der Waals surface area contributed by atoms with Crippen molar-refractivity contribution in [2.45, 2.75) is 44.6 Å². The Bertz CT molecular complexity index is 1020. The Labute approximate surface area is 171 Å². The molecular formula is C23H27N5O. The molecule has 0 saturated carbocycles. The summed E-state index contributed by atoms with van der Waals surface area (Å²) in [4.78, 5) is 6.84. The Kier molecular flexibility index (Phi) is 4.49. The zero-order valence-corrected chi connectivity index (χ0v) is 17.1. The van der Waals surface area contributed by atoms with Crippen LogP contribution in [0.15, 0.2) is 42.6 Å². The number of hydrogen-bond donors (Lipinski definition) is 0. The van der Waals surface area contributed by atoms with Crippen LogP contribution in [0, 0.1) is 6.92 Å². The molecule has 0 bridgehead atoms. The topological polar surface area (TPSA) is 56.1 Å². The zero-order valence-electron chi connectivity index (χ0n) is 17.1. The molecule has 0 atom stereocenters. The Balaban J connectivity index is 1.28. The summed E-state index contributed by atoms with van der Waals surface area (Å²) in [5.74, 6) is 2.96. The maximum absolute atomic E-state index is 6.49. The summed E-state index contributed by atoms with van der Waals surface area (Å²) in [6, 6.07) is 12.5. The number of nitrogens with zero attached hydrogens (tertiary/aromatic N) is 5. The fourth-order valence-electron chi connectivity index (χ4n) is 4.56. The van der Waals surface area contributed by atoms with Crippen molar-refractivity contribution in [2.75, 3.05) is 18.0 Å². The van der Waals surface area contributed by atoms with Gasteiger partial charge in [-0.25, -0.2) is 0 Å². The van der Waals surface area contributed by atoms with E-state index in [1.54, 1.807) is 0 Å². The van der Waals surface area contributed by atoms with E-state index in [9.17, 15) is 0 Å². The summed E-state index contributed by atoms with van der Waals surface area (Å²) >= 11 is 0. The lowest BCUT2D eigenvalue weighted by molar-refractivity contribution is 0.0222. The van der Waals surface area contributed by atoms with Gasteiger partial charge in [-0.1, -0.05) is 24.3 Å². The van der Waals surface area contributed by atoms with E-state index >= 15 is 0 Å². The van der Waals surface area contributed by atoms with E-state index in [4.69, 9.17) is 4.74 Å². The van der Waals surface area contributed by atoms with E-state index in [0.717, 1.165) is 62.0 Å². The van der Waals surface area contributed by atoms with Gasteiger partial charge in [0.15, 0.2) is 0 Å². The highest BCUT2D eigenvalue weighted by atomic mass is 16.5. The van der Waals surface area contributed by atoms with Crippen LogP contribution in [0.1, 0.15) is 41.9 Å². The first-order chi connectivity index (χ1) is 14.1. The summed E-state index contributed by atoms with van der Waals surface area (Å²) in [6.07, 6.45) is 6.78. The summed E-state index contributed by atoms with van der Waals surface area (Å²) in [7, 11) is 2.06. The highest BCUT2D eigenvalue weighted by Crippen LogP contribution is 2.39. The van der Waals surface area contributed by atoms with Crippen LogP contribution in [0.5, 0.6) is 5.75 Å². The van der Waals surface area contributed by atoms with Gasteiger partial charge in [-0.2, -0.15) is 0 Å². The second-order valence-corrected chi connectivity index (χ2v) is 8.30. The number of hydrogen-bond acceptors (Lipinski definition) is 5. The SMILES string of the molecule is Cc1cccnc1Cc1nnc(N2CCC3(CCc4ccccc4O3)CC2)n1C. The highest BCUT2D eigenvalue weighted by Gasteiger charge is 2.40. The lowest BCUT2D eigenvalue weighted by atomic mass is 9.83. The van der Waals surface area contributed by atoms with E-state index in [1.807, 2.05) is 12.3 Å². The molecule has 29 heavy (non-hydrogen) atoms. The maximum atomic E-state index is 6.49. The molecule has 0 radical (unpaired) electrons. The number of rotatable bonds is 3. The summed E-state index contributed by atoms with van der Waals surface area (Å²) < 4.78 is 8.61. The summed E-state index contributed by atoms with van der Waals surface area (Å²) in [6.45, 7) is 3.97.